The number of aromatic hydroxyl groups is 4. The maximum absolute atomic E-state index is 13.2. The molecule has 0 aliphatic carbocycles. The van der Waals surface area contributed by atoms with E-state index in [0.29, 0.717) is 0 Å². The van der Waals surface area contributed by atoms with Gasteiger partial charge in [-0.3, -0.25) is 4.79 Å². The highest BCUT2D eigenvalue weighted by atomic mass is 19.1. The molecule has 0 unspecified atom stereocenters. The molecule has 0 aliphatic heterocycles. The van der Waals surface area contributed by atoms with E-state index in [0.717, 1.165) is 24.3 Å². The Morgan fingerprint density at radius 1 is 0.727 bits per heavy atom. The Morgan fingerprint density at radius 3 is 1.45 bits per heavy atom. The number of rotatable bonds is 4. The van der Waals surface area contributed by atoms with Crippen molar-refractivity contribution < 1.29 is 34.0 Å². The summed E-state index contributed by atoms with van der Waals surface area (Å²) in [5.41, 5.74) is -0.0851. The first-order chi connectivity index (χ1) is 10.3. The van der Waals surface area contributed by atoms with Crippen molar-refractivity contribution in [3.63, 3.8) is 0 Å². The van der Waals surface area contributed by atoms with E-state index in [2.05, 4.69) is 0 Å². The highest BCUT2D eigenvalue weighted by Gasteiger charge is 2.15. The number of Topliss-reactive ketones (excluding diaryl/α,β-unsaturated/α-hetero) is 1. The van der Waals surface area contributed by atoms with Crippen molar-refractivity contribution in [2.24, 2.45) is 0 Å². The predicted molar refractivity (Wildman–Crippen MR) is 71.9 cm³/mol. The van der Waals surface area contributed by atoms with Crippen LogP contribution in [-0.2, 0) is 17.6 Å². The molecule has 0 atom stereocenters. The van der Waals surface area contributed by atoms with Gasteiger partial charge in [0.1, 0.15) is 17.3 Å². The molecular formula is C15H12F2O5. The molecule has 5 nitrogen and oxygen atoms in total. The van der Waals surface area contributed by atoms with Crippen LogP contribution in [0.1, 0.15) is 11.1 Å². The zero-order valence-corrected chi connectivity index (χ0v) is 11.2. The van der Waals surface area contributed by atoms with Gasteiger partial charge in [0.05, 0.1) is 0 Å². The summed E-state index contributed by atoms with van der Waals surface area (Å²) in [4.78, 5) is 11.9. The van der Waals surface area contributed by atoms with Gasteiger partial charge in [-0.05, 0) is 12.1 Å². The van der Waals surface area contributed by atoms with Crippen LogP contribution < -0.4 is 0 Å². The van der Waals surface area contributed by atoms with Crippen LogP contribution in [0.2, 0.25) is 0 Å². The third kappa shape index (κ3) is 3.25. The molecule has 0 spiro atoms. The molecule has 0 heterocycles. The fourth-order valence-corrected chi connectivity index (χ4v) is 1.95. The lowest BCUT2D eigenvalue weighted by Gasteiger charge is -2.08. The van der Waals surface area contributed by atoms with Crippen LogP contribution in [0.25, 0.3) is 0 Å². The Bertz CT molecular complexity index is 682. The molecule has 4 N–H and O–H groups in total. The number of benzene rings is 2. The zero-order chi connectivity index (χ0) is 16.4. The van der Waals surface area contributed by atoms with Gasteiger partial charge in [0, 0.05) is 36.1 Å². The summed E-state index contributed by atoms with van der Waals surface area (Å²) in [6.45, 7) is 0. The summed E-state index contributed by atoms with van der Waals surface area (Å²) in [7, 11) is 0. The van der Waals surface area contributed by atoms with E-state index in [1.54, 1.807) is 0 Å². The van der Waals surface area contributed by atoms with E-state index in [9.17, 15) is 23.8 Å². The number of halogens is 2. The molecular weight excluding hydrogens is 298 g/mol. The van der Waals surface area contributed by atoms with Crippen molar-refractivity contribution in [3.8, 4) is 23.0 Å². The lowest BCUT2D eigenvalue weighted by atomic mass is 10.0. The van der Waals surface area contributed by atoms with E-state index in [1.165, 1.54) is 0 Å². The quantitative estimate of drug-likeness (QED) is 0.693. The fraction of sp³-hybridized carbons (Fsp3) is 0.133. The second-order valence-corrected chi connectivity index (χ2v) is 4.76. The van der Waals surface area contributed by atoms with Crippen LogP contribution >= 0.6 is 0 Å². The van der Waals surface area contributed by atoms with Crippen molar-refractivity contribution in [2.45, 2.75) is 12.8 Å². The van der Waals surface area contributed by atoms with Crippen LogP contribution in [0, 0.1) is 11.6 Å². The molecule has 22 heavy (non-hydrogen) atoms. The second-order valence-electron chi connectivity index (χ2n) is 4.76. The number of carbonyl (C=O) groups is 1. The van der Waals surface area contributed by atoms with Crippen molar-refractivity contribution in [2.75, 3.05) is 0 Å². The molecule has 2 rings (SSSR count). The molecule has 2 aromatic carbocycles. The highest BCUT2D eigenvalue weighted by molar-refractivity contribution is 5.84. The molecule has 0 fully saturated rings. The summed E-state index contributed by atoms with van der Waals surface area (Å²) >= 11 is 0. The normalized spacial score (nSPS) is 10.6. The van der Waals surface area contributed by atoms with E-state index < -0.39 is 40.4 Å². The van der Waals surface area contributed by atoms with Gasteiger partial charge >= 0.3 is 0 Å². The third-order valence-electron chi connectivity index (χ3n) is 3.07. The van der Waals surface area contributed by atoms with Crippen LogP contribution in [0.15, 0.2) is 24.3 Å². The Labute approximate surface area is 123 Å². The summed E-state index contributed by atoms with van der Waals surface area (Å²) < 4.78 is 26.4. The average molecular weight is 310 g/mol. The Hall–Kier alpha value is -2.83. The van der Waals surface area contributed by atoms with Gasteiger partial charge < -0.3 is 20.4 Å². The monoisotopic (exact) mass is 310 g/mol. The van der Waals surface area contributed by atoms with Gasteiger partial charge in [0.2, 0.25) is 0 Å². The second kappa shape index (κ2) is 5.88. The molecule has 2 aromatic rings. The van der Waals surface area contributed by atoms with Crippen molar-refractivity contribution in [1.29, 1.82) is 0 Å². The SMILES string of the molecule is O=C(Cc1cc(F)c(O)cc1O)Cc1cc(F)c(O)cc1O. The van der Waals surface area contributed by atoms with Gasteiger partial charge in [-0.25, -0.2) is 8.78 Å². The minimum Gasteiger partial charge on any atom is -0.508 e. The molecule has 0 radical (unpaired) electrons. The third-order valence-corrected chi connectivity index (χ3v) is 3.07. The number of phenols is 4. The van der Waals surface area contributed by atoms with Crippen LogP contribution in [0.3, 0.4) is 0 Å². The predicted octanol–water partition coefficient (Wildman–Crippen LogP) is 2.14. The van der Waals surface area contributed by atoms with Crippen LogP contribution in [-0.4, -0.2) is 26.2 Å². The first kappa shape index (κ1) is 15.6. The maximum Gasteiger partial charge on any atom is 0.165 e. The topological polar surface area (TPSA) is 98.0 Å². The Morgan fingerprint density at radius 2 is 1.09 bits per heavy atom. The van der Waals surface area contributed by atoms with Crippen LogP contribution in [0.5, 0.6) is 23.0 Å². The van der Waals surface area contributed by atoms with Gasteiger partial charge in [0.25, 0.3) is 0 Å². The lowest BCUT2D eigenvalue weighted by Crippen LogP contribution is -2.07. The smallest absolute Gasteiger partial charge is 0.165 e. The standard InChI is InChI=1S/C15H12F2O5/c16-10-3-7(12(19)5-14(10)21)1-9(18)2-8-4-11(17)15(22)6-13(8)20/h3-6,19-22H,1-2H2. The maximum atomic E-state index is 13.2. The van der Waals surface area contributed by atoms with Gasteiger partial charge in [-0.2, -0.15) is 0 Å². The minimum absolute atomic E-state index is 0.0426. The summed E-state index contributed by atoms with van der Waals surface area (Å²) in [6.07, 6.45) is -0.740. The first-order valence-electron chi connectivity index (χ1n) is 6.20. The number of carbonyl (C=O) groups excluding carboxylic acids is 1. The van der Waals surface area contributed by atoms with Gasteiger partial charge in [-0.1, -0.05) is 0 Å². The van der Waals surface area contributed by atoms with E-state index >= 15 is 0 Å². The fourth-order valence-electron chi connectivity index (χ4n) is 1.95. The van der Waals surface area contributed by atoms with E-state index in [4.69, 9.17) is 10.2 Å². The molecule has 0 aliphatic rings. The summed E-state index contributed by atoms with van der Waals surface area (Å²) in [5.74, 6) is -4.89. The summed E-state index contributed by atoms with van der Waals surface area (Å²) in [5, 5.41) is 37.2. The molecule has 0 saturated carbocycles. The molecule has 0 bridgehead atoms. The highest BCUT2D eigenvalue weighted by Crippen LogP contribution is 2.29. The number of hydrogen-bond donors (Lipinski definition) is 4. The zero-order valence-electron chi connectivity index (χ0n) is 11.2. The van der Waals surface area contributed by atoms with Gasteiger partial charge in [0.15, 0.2) is 23.1 Å². The Kier molecular flexibility index (Phi) is 4.16. The molecule has 0 aromatic heterocycles. The molecule has 0 saturated heterocycles. The van der Waals surface area contributed by atoms with Gasteiger partial charge in [-0.15, -0.1) is 0 Å². The first-order valence-corrected chi connectivity index (χ1v) is 6.20. The molecule has 0 amide bonds. The molecule has 116 valence electrons. The van der Waals surface area contributed by atoms with Crippen molar-refractivity contribution in [3.05, 3.63) is 47.0 Å². The summed E-state index contributed by atoms with van der Waals surface area (Å²) in [6, 6.07) is 3.19. The van der Waals surface area contributed by atoms with Crippen LogP contribution in [0.4, 0.5) is 8.78 Å². The van der Waals surface area contributed by atoms with E-state index in [1.807, 2.05) is 0 Å². The van der Waals surface area contributed by atoms with Crippen molar-refractivity contribution in [1.82, 2.24) is 0 Å². The number of ketones is 1. The lowest BCUT2D eigenvalue weighted by molar-refractivity contribution is -0.117. The van der Waals surface area contributed by atoms with Crippen molar-refractivity contribution >= 4 is 5.78 Å². The largest absolute Gasteiger partial charge is 0.508 e. The minimum atomic E-state index is -0.987. The molecule has 7 heteroatoms. The Balaban J connectivity index is 2.17. The van der Waals surface area contributed by atoms with E-state index in [-0.39, 0.29) is 24.0 Å². The average Bonchev–Trinajstić information content (AvgIpc) is 2.42. The number of phenolic OH excluding ortho intramolecular Hbond substituents is 4. The number of hydrogen-bond acceptors (Lipinski definition) is 5.